The third-order valence-electron chi connectivity index (χ3n) is 4.18. The molecule has 0 unspecified atom stereocenters. The van der Waals surface area contributed by atoms with Crippen LogP contribution in [0.1, 0.15) is 18.9 Å². The molecule has 7 heteroatoms. The Hall–Kier alpha value is -2.54. The summed E-state index contributed by atoms with van der Waals surface area (Å²) in [6.45, 7) is 4.08. The summed E-state index contributed by atoms with van der Waals surface area (Å²) >= 11 is 1.43. The van der Waals surface area contributed by atoms with Crippen LogP contribution in [-0.2, 0) is 4.79 Å². The highest BCUT2D eigenvalue weighted by Crippen LogP contribution is 2.42. The van der Waals surface area contributed by atoms with Gasteiger partial charge in [0.05, 0.1) is 5.75 Å². The van der Waals surface area contributed by atoms with Gasteiger partial charge in [-0.2, -0.15) is 0 Å². The minimum Gasteiger partial charge on any atom is -0.360 e. The lowest BCUT2D eigenvalue weighted by molar-refractivity contribution is -0.118. The number of para-hydroxylation sites is 1. The molecular formula is C18H19N5OS. The number of nitrogens with one attached hydrogen (secondary N) is 2. The number of carbonyl (C=O) groups excluding carboxylic acids is 1. The molecule has 1 aromatic carbocycles. The normalized spacial score (nSPS) is 13.9. The Labute approximate surface area is 149 Å². The summed E-state index contributed by atoms with van der Waals surface area (Å²) in [6, 6.07) is 8.60. The van der Waals surface area contributed by atoms with Crippen molar-refractivity contribution in [3.05, 3.63) is 43.1 Å². The highest BCUT2D eigenvalue weighted by atomic mass is 32.2. The maximum Gasteiger partial charge on any atom is 0.230 e. The van der Waals surface area contributed by atoms with Crippen LogP contribution in [-0.4, -0.2) is 38.0 Å². The number of aromatic amines is 1. The van der Waals surface area contributed by atoms with E-state index in [1.807, 2.05) is 18.3 Å². The predicted octanol–water partition coefficient (Wildman–Crippen LogP) is 3.16. The molecule has 1 aliphatic rings. The van der Waals surface area contributed by atoms with Crippen molar-refractivity contribution in [1.82, 2.24) is 25.1 Å². The molecule has 1 fully saturated rings. The van der Waals surface area contributed by atoms with Gasteiger partial charge in [0, 0.05) is 35.2 Å². The number of carbonyl (C=O) groups is 1. The van der Waals surface area contributed by atoms with E-state index in [0.29, 0.717) is 18.3 Å². The number of H-pyrrole nitrogens is 1. The Kier molecular flexibility index (Phi) is 4.31. The van der Waals surface area contributed by atoms with Gasteiger partial charge in [-0.05, 0) is 18.9 Å². The van der Waals surface area contributed by atoms with Crippen molar-refractivity contribution in [2.24, 2.45) is 0 Å². The number of amides is 1. The van der Waals surface area contributed by atoms with Crippen LogP contribution >= 0.6 is 11.8 Å². The van der Waals surface area contributed by atoms with Crippen molar-refractivity contribution in [1.29, 1.82) is 0 Å². The van der Waals surface area contributed by atoms with Crippen molar-refractivity contribution in [2.45, 2.75) is 24.0 Å². The molecule has 0 atom stereocenters. The quantitative estimate of drug-likeness (QED) is 0.505. The second-order valence-corrected chi connectivity index (χ2v) is 6.98. The summed E-state index contributed by atoms with van der Waals surface area (Å²) in [5.74, 6) is 1.17. The Morgan fingerprint density at radius 2 is 2.24 bits per heavy atom. The van der Waals surface area contributed by atoms with Crippen LogP contribution in [0, 0.1) is 0 Å². The first kappa shape index (κ1) is 16.0. The lowest BCUT2D eigenvalue weighted by Crippen LogP contribution is -2.25. The summed E-state index contributed by atoms with van der Waals surface area (Å²) in [5.41, 5.74) is 2.14. The highest BCUT2D eigenvalue weighted by Gasteiger charge is 2.31. The van der Waals surface area contributed by atoms with Gasteiger partial charge < -0.3 is 10.3 Å². The Morgan fingerprint density at radius 3 is 3.04 bits per heavy atom. The summed E-state index contributed by atoms with van der Waals surface area (Å²) in [5, 5.41) is 13.5. The molecule has 3 aromatic rings. The average molecular weight is 353 g/mol. The number of thioether (sulfide) groups is 1. The zero-order chi connectivity index (χ0) is 17.2. The summed E-state index contributed by atoms with van der Waals surface area (Å²) in [7, 11) is 0. The maximum absolute atomic E-state index is 11.8. The summed E-state index contributed by atoms with van der Waals surface area (Å²) in [4.78, 5) is 15.1. The SMILES string of the molecule is C=CCNC(=O)CSc1nnc(-c2c[nH]c3ccccc23)n1C1CC1. The monoisotopic (exact) mass is 353 g/mol. The van der Waals surface area contributed by atoms with Crippen LogP contribution in [0.15, 0.2) is 48.3 Å². The summed E-state index contributed by atoms with van der Waals surface area (Å²) < 4.78 is 2.18. The molecule has 0 spiro atoms. The van der Waals surface area contributed by atoms with Crippen molar-refractivity contribution < 1.29 is 4.79 Å². The fourth-order valence-electron chi connectivity index (χ4n) is 2.84. The van der Waals surface area contributed by atoms with Gasteiger partial charge in [0.2, 0.25) is 5.91 Å². The Balaban J connectivity index is 1.62. The molecule has 1 saturated carbocycles. The number of rotatable bonds is 7. The van der Waals surface area contributed by atoms with Crippen molar-refractivity contribution in [3.63, 3.8) is 0 Å². The van der Waals surface area contributed by atoms with Crippen LogP contribution < -0.4 is 5.32 Å². The van der Waals surface area contributed by atoms with Gasteiger partial charge in [0.15, 0.2) is 11.0 Å². The van der Waals surface area contributed by atoms with Crippen molar-refractivity contribution >= 4 is 28.6 Å². The fourth-order valence-corrected chi connectivity index (χ4v) is 3.68. The van der Waals surface area contributed by atoms with Crippen LogP contribution in [0.3, 0.4) is 0 Å². The zero-order valence-electron chi connectivity index (χ0n) is 13.7. The molecule has 25 heavy (non-hydrogen) atoms. The van der Waals surface area contributed by atoms with Gasteiger partial charge in [0.1, 0.15) is 0 Å². The molecule has 0 aliphatic heterocycles. The van der Waals surface area contributed by atoms with Gasteiger partial charge in [-0.25, -0.2) is 0 Å². The number of nitrogens with zero attached hydrogens (tertiary/aromatic N) is 3. The van der Waals surface area contributed by atoms with Gasteiger partial charge in [0.25, 0.3) is 0 Å². The predicted molar refractivity (Wildman–Crippen MR) is 99.5 cm³/mol. The summed E-state index contributed by atoms with van der Waals surface area (Å²) in [6.07, 6.45) is 5.91. The molecule has 2 N–H and O–H groups in total. The fraction of sp³-hybridized carbons (Fsp3) is 0.278. The molecule has 0 saturated heterocycles. The first-order chi connectivity index (χ1) is 12.3. The molecule has 2 heterocycles. The molecule has 128 valence electrons. The molecule has 1 aliphatic carbocycles. The molecule has 0 bridgehead atoms. The van der Waals surface area contributed by atoms with Crippen LogP contribution in [0.25, 0.3) is 22.3 Å². The van der Waals surface area contributed by atoms with E-state index in [0.717, 1.165) is 40.3 Å². The van der Waals surface area contributed by atoms with E-state index in [4.69, 9.17) is 0 Å². The van der Waals surface area contributed by atoms with Crippen LogP contribution in [0.5, 0.6) is 0 Å². The van der Waals surface area contributed by atoms with Gasteiger partial charge >= 0.3 is 0 Å². The Bertz CT molecular complexity index is 925. The lowest BCUT2D eigenvalue weighted by Gasteiger charge is -2.08. The molecule has 1 amide bonds. The number of fused-ring (bicyclic) bond motifs is 1. The third kappa shape index (κ3) is 3.19. The Morgan fingerprint density at radius 1 is 1.40 bits per heavy atom. The minimum atomic E-state index is -0.0242. The molecule has 2 aromatic heterocycles. The number of hydrogen-bond acceptors (Lipinski definition) is 4. The van der Waals surface area contributed by atoms with Gasteiger partial charge in [-0.15, -0.1) is 16.8 Å². The number of benzene rings is 1. The van der Waals surface area contributed by atoms with Crippen molar-refractivity contribution in [2.75, 3.05) is 12.3 Å². The first-order valence-electron chi connectivity index (χ1n) is 8.29. The second kappa shape index (κ2) is 6.76. The van der Waals surface area contributed by atoms with E-state index in [-0.39, 0.29) is 5.91 Å². The maximum atomic E-state index is 11.8. The standard InChI is InChI=1S/C18H19N5OS/c1-2-9-19-16(24)11-25-18-22-21-17(23(18)12-7-8-12)14-10-20-15-6-4-3-5-13(14)15/h2-6,10,12,20H,1,7-9,11H2,(H,19,24). The van der Waals surface area contributed by atoms with E-state index in [2.05, 4.69) is 43.8 Å². The number of aromatic nitrogens is 4. The second-order valence-electron chi connectivity index (χ2n) is 6.04. The topological polar surface area (TPSA) is 75.6 Å². The third-order valence-corrected chi connectivity index (χ3v) is 5.13. The van der Waals surface area contributed by atoms with E-state index in [1.54, 1.807) is 6.08 Å². The molecular weight excluding hydrogens is 334 g/mol. The minimum absolute atomic E-state index is 0.0242. The van der Waals surface area contributed by atoms with Gasteiger partial charge in [-0.3, -0.25) is 9.36 Å². The first-order valence-corrected chi connectivity index (χ1v) is 9.28. The molecule has 4 rings (SSSR count). The highest BCUT2D eigenvalue weighted by molar-refractivity contribution is 7.99. The van der Waals surface area contributed by atoms with E-state index in [1.165, 1.54) is 11.8 Å². The molecule has 0 radical (unpaired) electrons. The van der Waals surface area contributed by atoms with Crippen LogP contribution in [0.2, 0.25) is 0 Å². The van der Waals surface area contributed by atoms with E-state index < -0.39 is 0 Å². The molecule has 6 nitrogen and oxygen atoms in total. The smallest absolute Gasteiger partial charge is 0.230 e. The van der Waals surface area contributed by atoms with E-state index in [9.17, 15) is 4.79 Å². The van der Waals surface area contributed by atoms with E-state index >= 15 is 0 Å². The largest absolute Gasteiger partial charge is 0.360 e. The van der Waals surface area contributed by atoms with Crippen molar-refractivity contribution in [3.8, 4) is 11.4 Å². The number of hydrogen-bond donors (Lipinski definition) is 2. The zero-order valence-corrected chi connectivity index (χ0v) is 14.6. The average Bonchev–Trinajstić information content (AvgIpc) is 3.24. The van der Waals surface area contributed by atoms with Gasteiger partial charge in [-0.1, -0.05) is 36.0 Å². The lowest BCUT2D eigenvalue weighted by atomic mass is 10.1. The van der Waals surface area contributed by atoms with Crippen LogP contribution in [0.4, 0.5) is 0 Å².